The molecule has 154 valence electrons. The van der Waals surface area contributed by atoms with Crippen LogP contribution in [0.25, 0.3) is 29.0 Å². The number of imidazole rings is 1. The van der Waals surface area contributed by atoms with Gasteiger partial charge in [0.05, 0.1) is 30.8 Å². The zero-order chi connectivity index (χ0) is 22.0. The maximum Gasteiger partial charge on any atom is 0.167 e. The number of para-hydroxylation sites is 1. The van der Waals surface area contributed by atoms with Crippen molar-refractivity contribution in [3.63, 3.8) is 0 Å². The van der Waals surface area contributed by atoms with Crippen LogP contribution in [0.3, 0.4) is 0 Å². The van der Waals surface area contributed by atoms with Gasteiger partial charge >= 0.3 is 0 Å². The number of pyridine rings is 1. The molecule has 0 saturated carbocycles. The van der Waals surface area contributed by atoms with Crippen molar-refractivity contribution in [3.05, 3.63) is 77.2 Å². The van der Waals surface area contributed by atoms with Gasteiger partial charge in [0.2, 0.25) is 0 Å². The molecule has 2 aromatic carbocycles. The van der Waals surface area contributed by atoms with Gasteiger partial charge in [-0.25, -0.2) is 18.7 Å². The number of halogens is 2. The Balaban J connectivity index is 1.90. The van der Waals surface area contributed by atoms with Crippen molar-refractivity contribution in [3.8, 4) is 23.4 Å². The summed E-state index contributed by atoms with van der Waals surface area (Å²) in [5, 5.41) is 9.02. The van der Waals surface area contributed by atoms with E-state index in [1.807, 2.05) is 18.2 Å². The normalized spacial score (nSPS) is 11.1. The van der Waals surface area contributed by atoms with Gasteiger partial charge in [0.15, 0.2) is 23.1 Å². The lowest BCUT2D eigenvalue weighted by molar-refractivity contribution is 0.354. The fourth-order valence-corrected chi connectivity index (χ4v) is 3.24. The SMILES string of the molecule is COc1cccc(/C=C/c2nc3cc(F)c(F)cc3n2-c2ccc(C#N)cn2)c1OC. The summed E-state index contributed by atoms with van der Waals surface area (Å²) in [6.07, 6.45) is 4.85. The second kappa shape index (κ2) is 8.24. The molecule has 2 aromatic heterocycles. The Bertz CT molecular complexity index is 1340. The minimum Gasteiger partial charge on any atom is -0.493 e. The van der Waals surface area contributed by atoms with E-state index in [-0.39, 0.29) is 5.52 Å². The van der Waals surface area contributed by atoms with Crippen LogP contribution in [0.5, 0.6) is 11.5 Å². The summed E-state index contributed by atoms with van der Waals surface area (Å²) in [6.45, 7) is 0. The van der Waals surface area contributed by atoms with Gasteiger partial charge in [-0.15, -0.1) is 0 Å². The molecule has 6 nitrogen and oxygen atoms in total. The number of hydrogen-bond acceptors (Lipinski definition) is 5. The van der Waals surface area contributed by atoms with E-state index in [4.69, 9.17) is 14.7 Å². The first-order valence-corrected chi connectivity index (χ1v) is 9.18. The minimum atomic E-state index is -0.993. The van der Waals surface area contributed by atoms with Crippen LogP contribution in [0.2, 0.25) is 0 Å². The Morgan fingerprint density at radius 3 is 2.52 bits per heavy atom. The van der Waals surface area contributed by atoms with Gasteiger partial charge in [0.1, 0.15) is 17.7 Å². The summed E-state index contributed by atoms with van der Waals surface area (Å²) in [4.78, 5) is 8.72. The molecule has 4 aromatic rings. The predicted molar refractivity (Wildman–Crippen MR) is 112 cm³/mol. The van der Waals surface area contributed by atoms with Gasteiger partial charge in [0, 0.05) is 23.9 Å². The molecule has 0 unspecified atom stereocenters. The standard InChI is InChI=1S/C23H16F2N4O2/c1-30-20-5-3-4-15(23(20)31-2)7-9-22-28-18-10-16(24)17(25)11-19(18)29(22)21-8-6-14(12-26)13-27-21/h3-11,13H,1-2H3/b9-7+. The van der Waals surface area contributed by atoms with Crippen molar-refractivity contribution in [2.24, 2.45) is 0 Å². The molecule has 0 radical (unpaired) electrons. The molecular weight excluding hydrogens is 402 g/mol. The molecule has 2 heterocycles. The van der Waals surface area contributed by atoms with Crippen molar-refractivity contribution in [1.82, 2.24) is 14.5 Å². The summed E-state index contributed by atoms with van der Waals surface area (Å²) in [7, 11) is 3.08. The average molecular weight is 418 g/mol. The first kappa shape index (κ1) is 20.0. The maximum absolute atomic E-state index is 14.0. The lowest BCUT2D eigenvalue weighted by Gasteiger charge is -2.10. The molecule has 0 aliphatic rings. The van der Waals surface area contributed by atoms with Crippen molar-refractivity contribution in [2.75, 3.05) is 14.2 Å². The molecule has 0 saturated heterocycles. The predicted octanol–water partition coefficient (Wildman–Crippen LogP) is 4.76. The van der Waals surface area contributed by atoms with E-state index in [1.165, 1.54) is 13.3 Å². The van der Waals surface area contributed by atoms with E-state index in [2.05, 4.69) is 9.97 Å². The summed E-state index contributed by atoms with van der Waals surface area (Å²) in [6, 6.07) is 12.7. The summed E-state index contributed by atoms with van der Waals surface area (Å²) in [5.74, 6) is -0.0809. The highest BCUT2D eigenvalue weighted by atomic mass is 19.2. The second-order valence-corrected chi connectivity index (χ2v) is 6.49. The van der Waals surface area contributed by atoms with Crippen molar-refractivity contribution >= 4 is 23.2 Å². The van der Waals surface area contributed by atoms with Crippen molar-refractivity contribution in [1.29, 1.82) is 5.26 Å². The summed E-state index contributed by atoms with van der Waals surface area (Å²) >= 11 is 0. The van der Waals surface area contributed by atoms with Crippen LogP contribution >= 0.6 is 0 Å². The molecule has 0 bridgehead atoms. The molecule has 0 aliphatic heterocycles. The van der Waals surface area contributed by atoms with Gasteiger partial charge < -0.3 is 9.47 Å². The number of nitriles is 1. The third kappa shape index (κ3) is 3.69. The average Bonchev–Trinajstić information content (AvgIpc) is 3.14. The lowest BCUT2D eigenvalue weighted by atomic mass is 10.1. The molecule has 4 rings (SSSR count). The van der Waals surface area contributed by atoms with Crippen LogP contribution in [-0.2, 0) is 0 Å². The molecule has 0 atom stereocenters. The van der Waals surface area contributed by atoms with E-state index >= 15 is 0 Å². The smallest absolute Gasteiger partial charge is 0.167 e. The minimum absolute atomic E-state index is 0.266. The number of aromatic nitrogens is 3. The first-order valence-electron chi connectivity index (χ1n) is 9.18. The van der Waals surface area contributed by atoms with Crippen LogP contribution in [-0.4, -0.2) is 28.8 Å². The Morgan fingerprint density at radius 2 is 1.84 bits per heavy atom. The zero-order valence-corrected chi connectivity index (χ0v) is 16.6. The van der Waals surface area contributed by atoms with Crippen LogP contribution in [0, 0.1) is 23.0 Å². The summed E-state index contributed by atoms with van der Waals surface area (Å²) < 4.78 is 40.1. The largest absolute Gasteiger partial charge is 0.493 e. The molecule has 31 heavy (non-hydrogen) atoms. The Labute approximate surface area is 176 Å². The highest BCUT2D eigenvalue weighted by molar-refractivity contribution is 5.82. The summed E-state index contributed by atoms with van der Waals surface area (Å²) in [5.41, 5.74) is 1.71. The fourth-order valence-electron chi connectivity index (χ4n) is 3.24. The number of benzene rings is 2. The number of ether oxygens (including phenoxy) is 2. The lowest BCUT2D eigenvalue weighted by Crippen LogP contribution is -2.00. The van der Waals surface area contributed by atoms with E-state index in [0.717, 1.165) is 17.7 Å². The highest BCUT2D eigenvalue weighted by Gasteiger charge is 2.16. The first-order chi connectivity index (χ1) is 15.0. The van der Waals surface area contributed by atoms with E-state index < -0.39 is 11.6 Å². The molecule has 0 aliphatic carbocycles. The van der Waals surface area contributed by atoms with Crippen LogP contribution in [0.15, 0.2) is 48.7 Å². The van der Waals surface area contributed by atoms with Gasteiger partial charge in [-0.3, -0.25) is 4.57 Å². The van der Waals surface area contributed by atoms with Crippen LogP contribution in [0.4, 0.5) is 8.78 Å². The molecule has 0 N–H and O–H groups in total. The highest BCUT2D eigenvalue weighted by Crippen LogP contribution is 2.32. The Hall–Kier alpha value is -4.25. The van der Waals surface area contributed by atoms with Crippen molar-refractivity contribution in [2.45, 2.75) is 0 Å². The number of nitrogens with zero attached hydrogens (tertiary/aromatic N) is 4. The van der Waals surface area contributed by atoms with Crippen molar-refractivity contribution < 1.29 is 18.3 Å². The molecule has 0 fully saturated rings. The number of methoxy groups -OCH3 is 2. The van der Waals surface area contributed by atoms with Gasteiger partial charge in [-0.05, 0) is 30.4 Å². The van der Waals surface area contributed by atoms with E-state index in [9.17, 15) is 8.78 Å². The van der Waals surface area contributed by atoms with E-state index in [0.29, 0.717) is 34.2 Å². The molecule has 0 amide bonds. The maximum atomic E-state index is 14.0. The molecule has 0 spiro atoms. The van der Waals surface area contributed by atoms with Crippen LogP contribution in [0.1, 0.15) is 17.0 Å². The fraction of sp³-hybridized carbons (Fsp3) is 0.0870. The molecular formula is C23H16F2N4O2. The molecule has 8 heteroatoms. The third-order valence-corrected chi connectivity index (χ3v) is 4.67. The Morgan fingerprint density at radius 1 is 1.03 bits per heavy atom. The third-order valence-electron chi connectivity index (χ3n) is 4.67. The number of rotatable bonds is 5. The van der Waals surface area contributed by atoms with E-state index in [1.54, 1.807) is 42.0 Å². The quantitative estimate of drug-likeness (QED) is 0.467. The monoisotopic (exact) mass is 418 g/mol. The number of hydrogen-bond donors (Lipinski definition) is 0. The topological polar surface area (TPSA) is 73.0 Å². The number of fused-ring (bicyclic) bond motifs is 1. The zero-order valence-electron chi connectivity index (χ0n) is 16.6. The van der Waals surface area contributed by atoms with Gasteiger partial charge in [-0.1, -0.05) is 12.1 Å². The van der Waals surface area contributed by atoms with Crippen LogP contribution < -0.4 is 9.47 Å². The van der Waals surface area contributed by atoms with Gasteiger partial charge in [-0.2, -0.15) is 5.26 Å². The Kier molecular flexibility index (Phi) is 5.33. The second-order valence-electron chi connectivity index (χ2n) is 6.49. The van der Waals surface area contributed by atoms with Gasteiger partial charge in [0.25, 0.3) is 0 Å².